The van der Waals surface area contributed by atoms with Crippen LogP contribution in [0.4, 0.5) is 0 Å². The number of sulfonamides is 1. The second-order valence-electron chi connectivity index (χ2n) is 6.31. The Morgan fingerprint density at radius 3 is 2.59 bits per heavy atom. The van der Waals surface area contributed by atoms with Crippen LogP contribution in [0, 0.1) is 12.3 Å². The van der Waals surface area contributed by atoms with Crippen molar-refractivity contribution in [3.63, 3.8) is 0 Å². The molecule has 1 aromatic rings. The lowest BCUT2D eigenvalue weighted by molar-refractivity contribution is -0.128. The highest BCUT2D eigenvalue weighted by Crippen LogP contribution is 2.39. The molecule has 2 aliphatic rings. The summed E-state index contributed by atoms with van der Waals surface area (Å²) in [6, 6.07) is 7.07. The van der Waals surface area contributed by atoms with Gasteiger partial charge in [-0.15, -0.1) is 0 Å². The van der Waals surface area contributed by atoms with Crippen LogP contribution in [-0.4, -0.2) is 38.3 Å². The molecule has 2 aliphatic heterocycles. The lowest BCUT2D eigenvalue weighted by Crippen LogP contribution is -2.35. The maximum atomic E-state index is 12.9. The molecule has 1 N–H and O–H groups in total. The standard InChI is InChI=1S/C16H22N2O3S/c1-13-5-2-3-6-14(13)22(20,21)18-11-4-7-16(9-12-18)8-10-17-15(16)19/h2-3,5-6H,4,7-12H2,1H3,(H,17,19). The monoisotopic (exact) mass is 322 g/mol. The number of aryl methyl sites for hydroxylation is 1. The van der Waals surface area contributed by atoms with Crippen molar-refractivity contribution >= 4 is 15.9 Å². The van der Waals surface area contributed by atoms with Crippen molar-refractivity contribution in [3.8, 4) is 0 Å². The summed E-state index contributed by atoms with van der Waals surface area (Å²) in [5.41, 5.74) is 0.413. The van der Waals surface area contributed by atoms with Crippen LogP contribution in [0.25, 0.3) is 0 Å². The van der Waals surface area contributed by atoms with Crippen molar-refractivity contribution in [3.05, 3.63) is 29.8 Å². The molecular weight excluding hydrogens is 300 g/mol. The zero-order valence-electron chi connectivity index (χ0n) is 12.8. The van der Waals surface area contributed by atoms with E-state index in [0.717, 1.165) is 24.8 Å². The molecule has 0 bridgehead atoms. The highest BCUT2D eigenvalue weighted by molar-refractivity contribution is 7.89. The minimum atomic E-state index is -3.48. The quantitative estimate of drug-likeness (QED) is 0.901. The Bertz CT molecular complexity index is 686. The number of amides is 1. The Morgan fingerprint density at radius 1 is 1.14 bits per heavy atom. The van der Waals surface area contributed by atoms with Crippen LogP contribution in [0.5, 0.6) is 0 Å². The van der Waals surface area contributed by atoms with Gasteiger partial charge in [0.25, 0.3) is 0 Å². The van der Waals surface area contributed by atoms with E-state index in [1.165, 1.54) is 0 Å². The summed E-state index contributed by atoms with van der Waals surface area (Å²) in [4.78, 5) is 12.5. The van der Waals surface area contributed by atoms with Gasteiger partial charge in [0.2, 0.25) is 15.9 Å². The van der Waals surface area contributed by atoms with Gasteiger partial charge in [-0.1, -0.05) is 18.2 Å². The summed E-state index contributed by atoms with van der Waals surface area (Å²) in [5.74, 6) is 0.0997. The highest BCUT2D eigenvalue weighted by Gasteiger charge is 2.44. The van der Waals surface area contributed by atoms with Crippen molar-refractivity contribution in [2.75, 3.05) is 19.6 Å². The van der Waals surface area contributed by atoms with Gasteiger partial charge in [0.05, 0.1) is 10.3 Å². The number of hydrogen-bond donors (Lipinski definition) is 1. The average Bonchev–Trinajstić information content (AvgIpc) is 2.71. The molecule has 2 saturated heterocycles. The molecule has 3 rings (SSSR count). The molecule has 22 heavy (non-hydrogen) atoms. The summed E-state index contributed by atoms with van der Waals surface area (Å²) >= 11 is 0. The fourth-order valence-electron chi connectivity index (χ4n) is 3.59. The van der Waals surface area contributed by atoms with Crippen LogP contribution in [0.3, 0.4) is 0 Å². The van der Waals surface area contributed by atoms with E-state index in [9.17, 15) is 13.2 Å². The van der Waals surface area contributed by atoms with Crippen LogP contribution >= 0.6 is 0 Å². The molecule has 5 nitrogen and oxygen atoms in total. The van der Waals surface area contributed by atoms with Gasteiger partial charge in [-0.3, -0.25) is 4.79 Å². The first-order valence-electron chi connectivity index (χ1n) is 7.80. The van der Waals surface area contributed by atoms with Crippen LogP contribution in [0.1, 0.15) is 31.2 Å². The molecule has 6 heteroatoms. The number of hydrogen-bond acceptors (Lipinski definition) is 3. The number of carbonyl (C=O) groups excluding carboxylic acids is 1. The number of benzene rings is 1. The van der Waals surface area contributed by atoms with Gasteiger partial charge in [-0.05, 0) is 44.2 Å². The van der Waals surface area contributed by atoms with E-state index in [2.05, 4.69) is 5.32 Å². The van der Waals surface area contributed by atoms with Crippen LogP contribution in [-0.2, 0) is 14.8 Å². The van der Waals surface area contributed by atoms with Gasteiger partial charge in [0, 0.05) is 19.6 Å². The summed E-state index contributed by atoms with van der Waals surface area (Å²) in [7, 11) is -3.48. The maximum Gasteiger partial charge on any atom is 0.243 e. The fourth-order valence-corrected chi connectivity index (χ4v) is 5.29. The first-order valence-corrected chi connectivity index (χ1v) is 9.24. The molecule has 1 unspecified atom stereocenters. The summed E-state index contributed by atoms with van der Waals surface area (Å²) < 4.78 is 27.3. The molecule has 0 aliphatic carbocycles. The predicted molar refractivity (Wildman–Crippen MR) is 83.8 cm³/mol. The van der Waals surface area contributed by atoms with Crippen LogP contribution in [0.15, 0.2) is 29.2 Å². The molecule has 0 aromatic heterocycles. The topological polar surface area (TPSA) is 66.5 Å². The van der Waals surface area contributed by atoms with Crippen molar-refractivity contribution in [1.82, 2.24) is 9.62 Å². The van der Waals surface area contributed by atoms with Gasteiger partial charge in [-0.2, -0.15) is 4.31 Å². The number of carbonyl (C=O) groups is 1. The van der Waals surface area contributed by atoms with E-state index in [-0.39, 0.29) is 11.3 Å². The van der Waals surface area contributed by atoms with Crippen molar-refractivity contribution in [2.24, 2.45) is 5.41 Å². The first-order chi connectivity index (χ1) is 10.5. The molecular formula is C16H22N2O3S. The zero-order chi connectivity index (χ0) is 15.8. The Labute approximate surface area is 131 Å². The Kier molecular flexibility index (Phi) is 3.99. The van der Waals surface area contributed by atoms with Gasteiger partial charge in [-0.25, -0.2) is 8.42 Å². The Balaban J connectivity index is 1.84. The van der Waals surface area contributed by atoms with Crippen LogP contribution < -0.4 is 5.32 Å². The second-order valence-corrected chi connectivity index (χ2v) is 8.22. The number of nitrogens with zero attached hydrogens (tertiary/aromatic N) is 1. The minimum absolute atomic E-state index is 0.0997. The van der Waals surface area contributed by atoms with E-state index in [1.807, 2.05) is 19.1 Å². The molecule has 1 amide bonds. The summed E-state index contributed by atoms with van der Waals surface area (Å²) in [6.45, 7) is 3.44. The SMILES string of the molecule is Cc1ccccc1S(=O)(=O)N1CCCC2(CCNC2=O)CC1. The zero-order valence-corrected chi connectivity index (χ0v) is 13.7. The lowest BCUT2D eigenvalue weighted by Gasteiger charge is -2.24. The molecule has 0 saturated carbocycles. The molecule has 1 spiro atoms. The number of nitrogens with one attached hydrogen (secondary N) is 1. The van der Waals surface area contributed by atoms with Gasteiger partial charge >= 0.3 is 0 Å². The van der Waals surface area contributed by atoms with Crippen molar-refractivity contribution < 1.29 is 13.2 Å². The first kappa shape index (κ1) is 15.5. The van der Waals surface area contributed by atoms with Crippen LogP contribution in [0.2, 0.25) is 0 Å². The van der Waals surface area contributed by atoms with Crippen molar-refractivity contribution in [1.29, 1.82) is 0 Å². The van der Waals surface area contributed by atoms with E-state index in [0.29, 0.717) is 31.0 Å². The number of rotatable bonds is 2. The summed E-state index contributed by atoms with van der Waals surface area (Å²) in [6.07, 6.45) is 2.95. The molecule has 120 valence electrons. The van der Waals surface area contributed by atoms with E-state index in [1.54, 1.807) is 16.4 Å². The third-order valence-corrected chi connectivity index (χ3v) is 7.04. The third kappa shape index (κ3) is 2.54. The summed E-state index contributed by atoms with van der Waals surface area (Å²) in [5, 5.41) is 2.90. The van der Waals surface area contributed by atoms with E-state index in [4.69, 9.17) is 0 Å². The molecule has 0 radical (unpaired) electrons. The van der Waals surface area contributed by atoms with Crippen molar-refractivity contribution in [2.45, 2.75) is 37.5 Å². The third-order valence-electron chi connectivity index (χ3n) is 4.98. The van der Waals surface area contributed by atoms with Gasteiger partial charge in [0.15, 0.2) is 0 Å². The average molecular weight is 322 g/mol. The molecule has 1 aromatic carbocycles. The molecule has 2 heterocycles. The Morgan fingerprint density at radius 2 is 1.91 bits per heavy atom. The van der Waals surface area contributed by atoms with Gasteiger partial charge in [0.1, 0.15) is 0 Å². The minimum Gasteiger partial charge on any atom is -0.356 e. The van der Waals surface area contributed by atoms with E-state index >= 15 is 0 Å². The smallest absolute Gasteiger partial charge is 0.243 e. The Hall–Kier alpha value is -1.40. The maximum absolute atomic E-state index is 12.9. The lowest BCUT2D eigenvalue weighted by atomic mass is 9.79. The largest absolute Gasteiger partial charge is 0.356 e. The molecule has 1 atom stereocenters. The molecule has 2 fully saturated rings. The second kappa shape index (κ2) is 5.66. The van der Waals surface area contributed by atoms with Gasteiger partial charge < -0.3 is 5.32 Å². The van der Waals surface area contributed by atoms with E-state index < -0.39 is 10.0 Å². The highest BCUT2D eigenvalue weighted by atomic mass is 32.2. The normalized spacial score (nSPS) is 26.9. The fraction of sp³-hybridized carbons (Fsp3) is 0.562. The predicted octanol–water partition coefficient (Wildman–Crippen LogP) is 1.68.